The van der Waals surface area contributed by atoms with Crippen molar-refractivity contribution in [3.05, 3.63) is 116 Å². The SMILES string of the molecule is O=P(O)(O)Oc1ccccc1-c1nc(-c2ccc(N(c3ccccc3)c3ccccc3)cc2)nc2c1ncn2CCOCCOCCO. The zero-order valence-corrected chi connectivity index (χ0v) is 26.8. The number of ether oxygens (including phenoxy) is 2. The summed E-state index contributed by atoms with van der Waals surface area (Å²) in [7, 11) is -4.87. The number of hydrogen-bond acceptors (Lipinski definition) is 9. The fourth-order valence-electron chi connectivity index (χ4n) is 5.21. The van der Waals surface area contributed by atoms with E-state index >= 15 is 0 Å². The highest BCUT2D eigenvalue weighted by Gasteiger charge is 2.23. The molecular weight excluding hydrogens is 633 g/mol. The lowest BCUT2D eigenvalue weighted by molar-refractivity contribution is 0.0311. The van der Waals surface area contributed by atoms with Crippen LogP contribution in [0.3, 0.4) is 0 Å². The average molecular weight is 668 g/mol. The third-order valence-corrected chi connectivity index (χ3v) is 7.75. The van der Waals surface area contributed by atoms with E-state index in [1.807, 2.05) is 89.5 Å². The van der Waals surface area contributed by atoms with Crippen molar-refractivity contribution < 1.29 is 33.5 Å². The van der Waals surface area contributed by atoms with Crippen LogP contribution in [0.4, 0.5) is 17.1 Å². The number of hydrogen-bond donors (Lipinski definition) is 3. The number of anilines is 3. The normalized spacial score (nSPS) is 11.6. The van der Waals surface area contributed by atoms with Crippen LogP contribution in [0.5, 0.6) is 5.75 Å². The topological polar surface area (TPSA) is 152 Å². The van der Waals surface area contributed by atoms with E-state index in [0.717, 1.165) is 22.6 Å². The maximum atomic E-state index is 11.8. The van der Waals surface area contributed by atoms with Crippen molar-refractivity contribution in [3.63, 3.8) is 0 Å². The van der Waals surface area contributed by atoms with E-state index in [-0.39, 0.29) is 19.0 Å². The Morgan fingerprint density at radius 1 is 0.708 bits per heavy atom. The summed E-state index contributed by atoms with van der Waals surface area (Å²) in [6.07, 6.45) is 1.63. The summed E-state index contributed by atoms with van der Waals surface area (Å²) in [5.74, 6) is 0.357. The highest BCUT2D eigenvalue weighted by atomic mass is 31.2. The van der Waals surface area contributed by atoms with Crippen molar-refractivity contribution in [2.24, 2.45) is 0 Å². The number of para-hydroxylation sites is 3. The molecule has 6 aromatic rings. The number of fused-ring (bicyclic) bond motifs is 1. The van der Waals surface area contributed by atoms with E-state index < -0.39 is 7.82 Å². The van der Waals surface area contributed by atoms with Gasteiger partial charge in [-0.15, -0.1) is 0 Å². The van der Waals surface area contributed by atoms with E-state index in [9.17, 15) is 14.4 Å². The van der Waals surface area contributed by atoms with Crippen LogP contribution in [0.1, 0.15) is 0 Å². The monoisotopic (exact) mass is 667 g/mol. The molecule has 13 heteroatoms. The molecule has 0 radical (unpaired) electrons. The molecule has 246 valence electrons. The summed E-state index contributed by atoms with van der Waals surface area (Å²) in [5.41, 5.74) is 5.32. The molecule has 12 nitrogen and oxygen atoms in total. The largest absolute Gasteiger partial charge is 0.524 e. The fourth-order valence-corrected chi connectivity index (χ4v) is 5.62. The average Bonchev–Trinajstić information content (AvgIpc) is 3.51. The lowest BCUT2D eigenvalue weighted by Gasteiger charge is -2.25. The predicted octanol–water partition coefficient (Wildman–Crippen LogP) is 6.13. The van der Waals surface area contributed by atoms with Gasteiger partial charge in [-0.1, -0.05) is 48.5 Å². The standard InChI is InChI=1S/C35H34N5O7P/c41-20-22-46-24-23-45-21-19-39-25-36-33-32(30-13-7-8-14-31(30)47-48(42,43)44)37-34(38-35(33)39)26-15-17-29(18-16-26)40(27-9-3-1-4-10-27)28-11-5-2-6-12-28/h1-18,25,41H,19-24H2,(H2,42,43,44). The molecule has 0 atom stereocenters. The second-order valence-electron chi connectivity index (χ2n) is 10.6. The van der Waals surface area contributed by atoms with Gasteiger partial charge in [-0.05, 0) is 60.7 Å². The van der Waals surface area contributed by atoms with E-state index in [2.05, 4.69) is 9.88 Å². The van der Waals surface area contributed by atoms with Gasteiger partial charge in [-0.3, -0.25) is 9.79 Å². The highest BCUT2D eigenvalue weighted by Crippen LogP contribution is 2.43. The summed E-state index contributed by atoms with van der Waals surface area (Å²) in [6, 6.07) is 34.5. The van der Waals surface area contributed by atoms with Crippen molar-refractivity contribution in [2.45, 2.75) is 6.54 Å². The van der Waals surface area contributed by atoms with Gasteiger partial charge in [0.25, 0.3) is 0 Å². The number of benzene rings is 4. The first-order chi connectivity index (χ1) is 23.4. The van der Waals surface area contributed by atoms with Crippen LogP contribution in [0.15, 0.2) is 116 Å². The van der Waals surface area contributed by atoms with Crippen LogP contribution in [-0.2, 0) is 20.6 Å². The number of aromatic nitrogens is 4. The minimum absolute atomic E-state index is 0.0331. The molecule has 0 saturated carbocycles. The van der Waals surface area contributed by atoms with Gasteiger partial charge in [-0.25, -0.2) is 19.5 Å². The molecular formula is C35H34N5O7P. The van der Waals surface area contributed by atoms with Gasteiger partial charge >= 0.3 is 7.82 Å². The van der Waals surface area contributed by atoms with Gasteiger partial charge in [-0.2, -0.15) is 0 Å². The van der Waals surface area contributed by atoms with Crippen LogP contribution >= 0.6 is 7.82 Å². The Balaban J connectivity index is 1.39. The number of aliphatic hydroxyl groups excluding tert-OH is 1. The van der Waals surface area contributed by atoms with E-state index in [4.69, 9.17) is 29.1 Å². The van der Waals surface area contributed by atoms with Crippen molar-refractivity contribution in [3.8, 4) is 28.4 Å². The first-order valence-corrected chi connectivity index (χ1v) is 16.8. The molecule has 4 aromatic carbocycles. The summed E-state index contributed by atoms with van der Waals surface area (Å²) in [5, 5.41) is 8.87. The summed E-state index contributed by atoms with van der Waals surface area (Å²) in [4.78, 5) is 35.7. The third kappa shape index (κ3) is 7.95. The minimum Gasteiger partial charge on any atom is -0.404 e. The zero-order chi connectivity index (χ0) is 33.3. The molecule has 0 spiro atoms. The zero-order valence-electron chi connectivity index (χ0n) is 25.9. The molecule has 0 aliphatic rings. The van der Waals surface area contributed by atoms with Gasteiger partial charge < -0.3 is 28.6 Å². The maximum Gasteiger partial charge on any atom is 0.524 e. The summed E-state index contributed by atoms with van der Waals surface area (Å²) in [6.45, 7) is 1.71. The number of imidazole rings is 1. The van der Waals surface area contributed by atoms with Crippen molar-refractivity contribution in [1.82, 2.24) is 19.5 Å². The molecule has 3 N–H and O–H groups in total. The number of phosphoric ester groups is 1. The Kier molecular flexibility index (Phi) is 10.5. The van der Waals surface area contributed by atoms with Crippen LogP contribution < -0.4 is 9.42 Å². The first kappa shape index (κ1) is 33.0. The van der Waals surface area contributed by atoms with Crippen LogP contribution in [0.25, 0.3) is 33.8 Å². The Morgan fingerprint density at radius 3 is 1.96 bits per heavy atom. The Morgan fingerprint density at radius 2 is 1.31 bits per heavy atom. The third-order valence-electron chi connectivity index (χ3n) is 7.32. The molecule has 0 bridgehead atoms. The molecule has 6 rings (SSSR count). The van der Waals surface area contributed by atoms with Gasteiger partial charge in [0, 0.05) is 34.7 Å². The summed E-state index contributed by atoms with van der Waals surface area (Å²) >= 11 is 0. The number of phosphoric acid groups is 1. The Hall–Kier alpha value is -4.94. The highest BCUT2D eigenvalue weighted by molar-refractivity contribution is 7.46. The van der Waals surface area contributed by atoms with Gasteiger partial charge in [0.2, 0.25) is 0 Å². The molecule has 0 fully saturated rings. The molecule has 0 saturated heterocycles. The molecule has 2 aromatic heterocycles. The first-order valence-electron chi connectivity index (χ1n) is 15.3. The van der Waals surface area contributed by atoms with Crippen LogP contribution in [-0.4, -0.2) is 67.4 Å². The fraction of sp³-hybridized carbons (Fsp3) is 0.171. The summed E-state index contributed by atoms with van der Waals surface area (Å²) < 4.78 is 29.7. The number of nitrogens with zero attached hydrogens (tertiary/aromatic N) is 5. The van der Waals surface area contributed by atoms with E-state index in [1.54, 1.807) is 24.5 Å². The lowest BCUT2D eigenvalue weighted by atomic mass is 10.1. The number of aliphatic hydroxyl groups is 1. The van der Waals surface area contributed by atoms with E-state index in [1.165, 1.54) is 6.07 Å². The van der Waals surface area contributed by atoms with E-state index in [0.29, 0.717) is 54.6 Å². The van der Waals surface area contributed by atoms with Gasteiger partial charge in [0.1, 0.15) is 17.0 Å². The van der Waals surface area contributed by atoms with Gasteiger partial charge in [0.05, 0.1) is 39.4 Å². The van der Waals surface area contributed by atoms with Gasteiger partial charge in [0.15, 0.2) is 11.5 Å². The lowest BCUT2D eigenvalue weighted by Crippen LogP contribution is -2.11. The minimum atomic E-state index is -4.87. The second kappa shape index (κ2) is 15.3. The maximum absolute atomic E-state index is 11.8. The van der Waals surface area contributed by atoms with Crippen molar-refractivity contribution >= 4 is 36.0 Å². The number of rotatable bonds is 15. The Labute approximate surface area is 277 Å². The Bertz CT molecular complexity index is 1950. The second-order valence-corrected chi connectivity index (χ2v) is 11.7. The van der Waals surface area contributed by atoms with Crippen LogP contribution in [0, 0.1) is 0 Å². The van der Waals surface area contributed by atoms with Crippen molar-refractivity contribution in [1.29, 1.82) is 0 Å². The van der Waals surface area contributed by atoms with Crippen LogP contribution in [0.2, 0.25) is 0 Å². The molecule has 48 heavy (non-hydrogen) atoms. The molecule has 0 unspecified atom stereocenters. The molecule has 0 aliphatic heterocycles. The smallest absolute Gasteiger partial charge is 0.404 e. The predicted molar refractivity (Wildman–Crippen MR) is 182 cm³/mol. The molecule has 0 aliphatic carbocycles. The molecule has 0 amide bonds. The molecule has 2 heterocycles. The quantitative estimate of drug-likeness (QED) is 0.0857. The van der Waals surface area contributed by atoms with Crippen molar-refractivity contribution in [2.75, 3.05) is 37.9 Å².